The van der Waals surface area contributed by atoms with Crippen LogP contribution in [-0.2, 0) is 9.53 Å². The molecule has 2 saturated heterocycles. The average Bonchev–Trinajstić information content (AvgIpc) is 2.73. The van der Waals surface area contributed by atoms with E-state index in [1.807, 2.05) is 9.80 Å². The molecule has 2 rings (SSSR count). The van der Waals surface area contributed by atoms with Gasteiger partial charge in [-0.1, -0.05) is 0 Å². The van der Waals surface area contributed by atoms with Crippen molar-refractivity contribution in [2.24, 2.45) is 5.92 Å². The summed E-state index contributed by atoms with van der Waals surface area (Å²) in [7, 11) is 0. The Morgan fingerprint density at radius 3 is 2.70 bits per heavy atom. The Bertz CT molecular complexity index is 340. The maximum atomic E-state index is 12.5. The van der Waals surface area contributed by atoms with Crippen LogP contribution in [0.4, 0.5) is 4.79 Å². The first-order chi connectivity index (χ1) is 9.66. The van der Waals surface area contributed by atoms with Crippen molar-refractivity contribution in [3.63, 3.8) is 0 Å². The van der Waals surface area contributed by atoms with Crippen LogP contribution in [0.15, 0.2) is 0 Å². The van der Waals surface area contributed by atoms with Gasteiger partial charge in [0.1, 0.15) is 0 Å². The smallest absolute Gasteiger partial charge is 0.320 e. The van der Waals surface area contributed by atoms with Gasteiger partial charge in [0.05, 0.1) is 6.61 Å². The number of rotatable bonds is 3. The lowest BCUT2D eigenvalue weighted by atomic mass is 9.93. The molecule has 2 aliphatic rings. The van der Waals surface area contributed by atoms with Gasteiger partial charge in [-0.05, 0) is 31.6 Å². The molecule has 0 spiro atoms. The van der Waals surface area contributed by atoms with E-state index in [0.29, 0.717) is 32.0 Å². The highest BCUT2D eigenvalue weighted by molar-refractivity contribution is 5.74. The molecule has 20 heavy (non-hydrogen) atoms. The Morgan fingerprint density at radius 2 is 1.90 bits per heavy atom. The molecule has 1 N–H and O–H groups in total. The topological polar surface area (TPSA) is 70.1 Å². The lowest BCUT2D eigenvalue weighted by Crippen LogP contribution is -2.48. The van der Waals surface area contributed by atoms with Gasteiger partial charge in [0.15, 0.2) is 0 Å². The van der Waals surface area contributed by atoms with Crippen LogP contribution in [0.5, 0.6) is 0 Å². The number of amides is 2. The van der Waals surface area contributed by atoms with Gasteiger partial charge in [-0.2, -0.15) is 0 Å². The summed E-state index contributed by atoms with van der Waals surface area (Å²) in [5, 5.41) is 8.75. The molecule has 1 atom stereocenters. The van der Waals surface area contributed by atoms with E-state index in [2.05, 4.69) is 0 Å². The summed E-state index contributed by atoms with van der Waals surface area (Å²) in [5.41, 5.74) is 0. The molecule has 0 bridgehead atoms. The summed E-state index contributed by atoms with van der Waals surface area (Å²) >= 11 is 0. The minimum absolute atomic E-state index is 0.0931. The number of ether oxygens (including phenoxy) is 1. The van der Waals surface area contributed by atoms with Crippen LogP contribution in [0.2, 0.25) is 0 Å². The monoisotopic (exact) mass is 284 g/mol. The second-order valence-electron chi connectivity index (χ2n) is 5.62. The molecule has 0 saturated carbocycles. The zero-order valence-electron chi connectivity index (χ0n) is 11.9. The number of aliphatic carboxylic acids is 1. The molecule has 114 valence electrons. The molecule has 1 unspecified atom stereocenters. The Kier molecular flexibility index (Phi) is 5.64. The number of carboxylic acids is 1. The first-order valence-corrected chi connectivity index (χ1v) is 7.50. The van der Waals surface area contributed by atoms with Crippen LogP contribution in [-0.4, -0.2) is 66.3 Å². The predicted octanol–water partition coefficient (Wildman–Crippen LogP) is 1.41. The third kappa shape index (κ3) is 4.37. The fourth-order valence-corrected chi connectivity index (χ4v) is 2.94. The van der Waals surface area contributed by atoms with Crippen LogP contribution in [0, 0.1) is 5.92 Å². The van der Waals surface area contributed by atoms with Crippen LogP contribution < -0.4 is 0 Å². The summed E-state index contributed by atoms with van der Waals surface area (Å²) in [6, 6.07) is 0.0931. The second-order valence-corrected chi connectivity index (χ2v) is 5.62. The van der Waals surface area contributed by atoms with Gasteiger partial charge in [0.25, 0.3) is 0 Å². The predicted molar refractivity (Wildman–Crippen MR) is 73.6 cm³/mol. The molecule has 0 aromatic carbocycles. The number of piperidine rings is 1. The fraction of sp³-hybridized carbons (Fsp3) is 0.857. The quantitative estimate of drug-likeness (QED) is 0.850. The first-order valence-electron chi connectivity index (χ1n) is 7.50. The molecular weight excluding hydrogens is 260 g/mol. The number of urea groups is 1. The first kappa shape index (κ1) is 15.1. The number of hydrogen-bond acceptors (Lipinski definition) is 3. The number of carbonyl (C=O) groups excluding carboxylic acids is 1. The van der Waals surface area contributed by atoms with Gasteiger partial charge in [-0.3, -0.25) is 4.79 Å². The maximum Gasteiger partial charge on any atom is 0.320 e. The average molecular weight is 284 g/mol. The van der Waals surface area contributed by atoms with Crippen molar-refractivity contribution in [1.82, 2.24) is 9.80 Å². The van der Waals surface area contributed by atoms with Crippen LogP contribution >= 0.6 is 0 Å². The van der Waals surface area contributed by atoms with Crippen molar-refractivity contribution in [2.75, 3.05) is 39.4 Å². The molecule has 2 heterocycles. The summed E-state index contributed by atoms with van der Waals surface area (Å²) < 4.78 is 5.37. The summed E-state index contributed by atoms with van der Waals surface area (Å²) in [6.07, 6.45) is 3.76. The number of hydrogen-bond donors (Lipinski definition) is 1. The van der Waals surface area contributed by atoms with Crippen molar-refractivity contribution < 1.29 is 19.4 Å². The van der Waals surface area contributed by atoms with E-state index in [1.165, 1.54) is 0 Å². The molecule has 2 amide bonds. The Labute approximate surface area is 119 Å². The lowest BCUT2D eigenvalue weighted by Gasteiger charge is -2.36. The highest BCUT2D eigenvalue weighted by Gasteiger charge is 2.27. The van der Waals surface area contributed by atoms with E-state index in [0.717, 1.165) is 39.0 Å². The molecule has 0 aromatic rings. The van der Waals surface area contributed by atoms with Crippen LogP contribution in [0.3, 0.4) is 0 Å². The minimum atomic E-state index is -0.752. The van der Waals surface area contributed by atoms with Crippen LogP contribution in [0.25, 0.3) is 0 Å². The van der Waals surface area contributed by atoms with E-state index in [-0.39, 0.29) is 12.5 Å². The van der Waals surface area contributed by atoms with Gasteiger partial charge in [-0.15, -0.1) is 0 Å². The minimum Gasteiger partial charge on any atom is -0.481 e. The molecule has 0 aliphatic carbocycles. The molecule has 2 aliphatic heterocycles. The molecule has 6 heteroatoms. The van der Waals surface area contributed by atoms with Crippen molar-refractivity contribution in [3.8, 4) is 0 Å². The van der Waals surface area contributed by atoms with E-state index < -0.39 is 5.97 Å². The zero-order valence-corrected chi connectivity index (χ0v) is 11.9. The van der Waals surface area contributed by atoms with E-state index in [4.69, 9.17) is 9.84 Å². The van der Waals surface area contributed by atoms with Gasteiger partial charge in [-0.25, -0.2) is 4.79 Å². The van der Waals surface area contributed by atoms with Crippen molar-refractivity contribution in [1.29, 1.82) is 0 Å². The van der Waals surface area contributed by atoms with Gasteiger partial charge in [0, 0.05) is 39.2 Å². The van der Waals surface area contributed by atoms with Crippen molar-refractivity contribution in [3.05, 3.63) is 0 Å². The van der Waals surface area contributed by atoms with Crippen molar-refractivity contribution in [2.45, 2.75) is 32.1 Å². The van der Waals surface area contributed by atoms with Crippen LogP contribution in [0.1, 0.15) is 32.1 Å². The van der Waals surface area contributed by atoms with Gasteiger partial charge < -0.3 is 19.6 Å². The highest BCUT2D eigenvalue weighted by atomic mass is 16.5. The second kappa shape index (κ2) is 7.47. The number of carbonyl (C=O) groups is 2. The number of likely N-dealkylation sites (tertiary alicyclic amines) is 1. The SMILES string of the molecule is O=C(O)CCC1CCCN(C(=O)N2CCCOCC2)C1. The molecule has 0 aromatic heterocycles. The highest BCUT2D eigenvalue weighted by Crippen LogP contribution is 2.22. The number of nitrogens with zero attached hydrogens (tertiary/aromatic N) is 2. The van der Waals surface area contributed by atoms with Crippen molar-refractivity contribution >= 4 is 12.0 Å². The third-order valence-corrected chi connectivity index (χ3v) is 4.05. The standard InChI is InChI=1S/C14H24N2O4/c17-13(18)5-4-12-3-1-6-16(11-12)14(19)15-7-2-9-20-10-8-15/h12H,1-11H2,(H,17,18). The maximum absolute atomic E-state index is 12.5. The Balaban J connectivity index is 1.83. The van der Waals surface area contributed by atoms with Gasteiger partial charge >= 0.3 is 12.0 Å². The zero-order chi connectivity index (χ0) is 14.4. The normalized spacial score (nSPS) is 24.3. The summed E-state index contributed by atoms with van der Waals surface area (Å²) in [5.74, 6) is -0.426. The van der Waals surface area contributed by atoms with Gasteiger partial charge in [0.2, 0.25) is 0 Å². The largest absolute Gasteiger partial charge is 0.481 e. The molecule has 2 fully saturated rings. The summed E-state index contributed by atoms with van der Waals surface area (Å²) in [4.78, 5) is 26.9. The molecule has 0 radical (unpaired) electrons. The summed E-state index contributed by atoms with van der Waals surface area (Å²) in [6.45, 7) is 4.25. The van der Waals surface area contributed by atoms with E-state index in [1.54, 1.807) is 0 Å². The Hall–Kier alpha value is -1.30. The van der Waals surface area contributed by atoms with E-state index >= 15 is 0 Å². The molecular formula is C14H24N2O4. The number of carboxylic acid groups (broad SMARTS) is 1. The lowest BCUT2D eigenvalue weighted by molar-refractivity contribution is -0.137. The molecule has 6 nitrogen and oxygen atoms in total. The van der Waals surface area contributed by atoms with E-state index in [9.17, 15) is 9.59 Å². The fourth-order valence-electron chi connectivity index (χ4n) is 2.94. The third-order valence-electron chi connectivity index (χ3n) is 4.05. The Morgan fingerprint density at radius 1 is 1.10 bits per heavy atom.